The number of rotatable bonds is 4. The minimum Gasteiger partial charge on any atom is -0.368 e. The Morgan fingerprint density at radius 1 is 1.28 bits per heavy atom. The number of nitrogens with two attached hydrogens (primary N) is 1. The summed E-state index contributed by atoms with van der Waals surface area (Å²) in [6.07, 6.45) is 4.98. The lowest BCUT2D eigenvalue weighted by Crippen LogP contribution is -2.41. The minimum atomic E-state index is 0.0816. The standard InChI is InChI=1S/C19H25N5O/c1-23(2)17(25)13-24-11-7-6-10-16(24)18-15(12-21-19(20)22-18)14-8-4-3-5-9-14/h3-5,8-9,12,16H,6-7,10-11,13H2,1-2H3,(H2,20,21,22)/t16-/m1/s1. The molecular formula is C19H25N5O. The van der Waals surface area contributed by atoms with E-state index >= 15 is 0 Å². The molecule has 6 heteroatoms. The highest BCUT2D eigenvalue weighted by atomic mass is 16.2. The highest BCUT2D eigenvalue weighted by molar-refractivity contribution is 5.77. The molecule has 1 aromatic heterocycles. The summed E-state index contributed by atoms with van der Waals surface area (Å²) in [6.45, 7) is 1.29. The van der Waals surface area contributed by atoms with Gasteiger partial charge in [0.2, 0.25) is 11.9 Å². The van der Waals surface area contributed by atoms with Crippen molar-refractivity contribution in [3.63, 3.8) is 0 Å². The minimum absolute atomic E-state index is 0.0816. The van der Waals surface area contributed by atoms with E-state index < -0.39 is 0 Å². The van der Waals surface area contributed by atoms with Crippen LogP contribution in [0.1, 0.15) is 31.0 Å². The van der Waals surface area contributed by atoms with Crippen molar-refractivity contribution < 1.29 is 4.79 Å². The number of hydrogen-bond acceptors (Lipinski definition) is 5. The van der Waals surface area contributed by atoms with Crippen molar-refractivity contribution in [2.45, 2.75) is 25.3 Å². The van der Waals surface area contributed by atoms with E-state index in [1.54, 1.807) is 25.2 Å². The van der Waals surface area contributed by atoms with Gasteiger partial charge in [-0.1, -0.05) is 36.8 Å². The van der Waals surface area contributed by atoms with Crippen molar-refractivity contribution in [3.05, 3.63) is 42.2 Å². The Labute approximate surface area is 148 Å². The number of likely N-dealkylation sites (tertiary alicyclic amines) is 1. The molecule has 1 atom stereocenters. The maximum absolute atomic E-state index is 12.2. The number of hydrogen-bond donors (Lipinski definition) is 1. The first-order valence-corrected chi connectivity index (χ1v) is 8.68. The van der Waals surface area contributed by atoms with Crippen LogP contribution in [0.25, 0.3) is 11.1 Å². The van der Waals surface area contributed by atoms with Gasteiger partial charge in [0.15, 0.2) is 0 Å². The Hall–Kier alpha value is -2.47. The lowest BCUT2D eigenvalue weighted by Gasteiger charge is -2.36. The van der Waals surface area contributed by atoms with E-state index in [4.69, 9.17) is 5.73 Å². The summed E-state index contributed by atoms with van der Waals surface area (Å²) in [5.41, 5.74) is 8.87. The van der Waals surface area contributed by atoms with Gasteiger partial charge < -0.3 is 10.6 Å². The van der Waals surface area contributed by atoms with E-state index in [0.717, 1.165) is 42.6 Å². The van der Waals surface area contributed by atoms with Gasteiger partial charge >= 0.3 is 0 Å². The van der Waals surface area contributed by atoms with Crippen molar-refractivity contribution in [1.82, 2.24) is 19.8 Å². The summed E-state index contributed by atoms with van der Waals surface area (Å²) in [7, 11) is 3.58. The van der Waals surface area contributed by atoms with Gasteiger partial charge in [-0.25, -0.2) is 9.97 Å². The molecule has 6 nitrogen and oxygen atoms in total. The average molecular weight is 339 g/mol. The smallest absolute Gasteiger partial charge is 0.236 e. The van der Waals surface area contributed by atoms with Crippen molar-refractivity contribution in [1.29, 1.82) is 0 Å². The molecule has 0 saturated carbocycles. The lowest BCUT2D eigenvalue weighted by molar-refractivity contribution is -0.130. The second-order valence-corrected chi connectivity index (χ2v) is 6.66. The molecule has 2 N–H and O–H groups in total. The van der Waals surface area contributed by atoms with Crippen LogP contribution in [-0.2, 0) is 4.79 Å². The first kappa shape index (κ1) is 17.4. The highest BCUT2D eigenvalue weighted by Crippen LogP contribution is 2.35. The van der Waals surface area contributed by atoms with Crippen molar-refractivity contribution in [2.75, 3.05) is 32.9 Å². The third-order valence-electron chi connectivity index (χ3n) is 4.69. The summed E-state index contributed by atoms with van der Waals surface area (Å²) in [6, 6.07) is 10.2. The molecule has 25 heavy (non-hydrogen) atoms. The third-order valence-corrected chi connectivity index (χ3v) is 4.69. The van der Waals surface area contributed by atoms with Gasteiger partial charge in [-0.15, -0.1) is 0 Å². The van der Waals surface area contributed by atoms with Crippen molar-refractivity contribution in [3.8, 4) is 11.1 Å². The van der Waals surface area contributed by atoms with E-state index in [2.05, 4.69) is 27.0 Å². The molecule has 1 amide bonds. The topological polar surface area (TPSA) is 75.4 Å². The first-order chi connectivity index (χ1) is 12.1. The van der Waals surface area contributed by atoms with Crippen LogP contribution in [0.2, 0.25) is 0 Å². The molecule has 132 valence electrons. The van der Waals surface area contributed by atoms with Gasteiger partial charge in [0.05, 0.1) is 18.3 Å². The Balaban J connectivity index is 1.98. The van der Waals surface area contributed by atoms with Crippen LogP contribution in [-0.4, -0.2) is 52.9 Å². The fourth-order valence-corrected chi connectivity index (χ4v) is 3.31. The number of amides is 1. The van der Waals surface area contributed by atoms with Gasteiger partial charge in [0.1, 0.15) is 0 Å². The summed E-state index contributed by atoms with van der Waals surface area (Å²) in [5.74, 6) is 0.384. The Morgan fingerprint density at radius 2 is 2.04 bits per heavy atom. The number of piperidine rings is 1. The molecule has 1 aliphatic heterocycles. The van der Waals surface area contributed by atoms with Crippen LogP contribution in [0, 0.1) is 0 Å². The second-order valence-electron chi connectivity index (χ2n) is 6.66. The normalized spacial score (nSPS) is 18.1. The number of nitrogens with zero attached hydrogens (tertiary/aromatic N) is 4. The van der Waals surface area contributed by atoms with Crippen LogP contribution in [0.5, 0.6) is 0 Å². The third kappa shape index (κ3) is 3.96. The zero-order chi connectivity index (χ0) is 17.8. The predicted octanol–water partition coefficient (Wildman–Crippen LogP) is 2.34. The van der Waals surface area contributed by atoms with Gasteiger partial charge in [-0.3, -0.25) is 9.69 Å². The highest BCUT2D eigenvalue weighted by Gasteiger charge is 2.29. The fraction of sp³-hybridized carbons (Fsp3) is 0.421. The predicted molar refractivity (Wildman–Crippen MR) is 98.7 cm³/mol. The van der Waals surface area contributed by atoms with Crippen LogP contribution in [0.15, 0.2) is 36.5 Å². The number of likely N-dealkylation sites (N-methyl/N-ethyl adjacent to an activating group) is 1. The molecule has 0 radical (unpaired) electrons. The van der Waals surface area contributed by atoms with Crippen molar-refractivity contribution in [2.24, 2.45) is 0 Å². The van der Waals surface area contributed by atoms with E-state index in [1.165, 1.54) is 0 Å². The van der Waals surface area contributed by atoms with Crippen LogP contribution in [0.3, 0.4) is 0 Å². The monoisotopic (exact) mass is 339 g/mol. The fourth-order valence-electron chi connectivity index (χ4n) is 3.31. The van der Waals surface area contributed by atoms with Crippen LogP contribution < -0.4 is 5.73 Å². The molecule has 1 aliphatic rings. The Bertz CT molecular complexity index is 732. The number of carbonyl (C=O) groups is 1. The molecule has 3 rings (SSSR count). The number of nitrogen functional groups attached to an aromatic ring is 1. The molecule has 0 unspecified atom stereocenters. The molecule has 1 fully saturated rings. The maximum Gasteiger partial charge on any atom is 0.236 e. The summed E-state index contributed by atoms with van der Waals surface area (Å²) in [5, 5.41) is 0. The summed E-state index contributed by atoms with van der Waals surface area (Å²) < 4.78 is 0. The van der Waals surface area contributed by atoms with Gasteiger partial charge in [-0.05, 0) is 24.9 Å². The number of benzene rings is 1. The molecule has 0 spiro atoms. The molecule has 2 heterocycles. The zero-order valence-electron chi connectivity index (χ0n) is 14.9. The van der Waals surface area contributed by atoms with E-state index in [1.807, 2.05) is 18.2 Å². The molecule has 0 aliphatic carbocycles. The lowest BCUT2D eigenvalue weighted by atomic mass is 9.94. The quantitative estimate of drug-likeness (QED) is 0.925. The van der Waals surface area contributed by atoms with Gasteiger partial charge in [0.25, 0.3) is 0 Å². The summed E-state index contributed by atoms with van der Waals surface area (Å²) in [4.78, 5) is 24.9. The van der Waals surface area contributed by atoms with E-state index in [0.29, 0.717) is 6.54 Å². The summed E-state index contributed by atoms with van der Waals surface area (Å²) >= 11 is 0. The SMILES string of the molecule is CN(C)C(=O)CN1CCCC[C@@H]1c1nc(N)ncc1-c1ccccc1. The number of carbonyl (C=O) groups excluding carboxylic acids is 1. The molecule has 2 aromatic rings. The molecule has 0 bridgehead atoms. The van der Waals surface area contributed by atoms with E-state index in [-0.39, 0.29) is 17.9 Å². The van der Waals surface area contributed by atoms with Gasteiger partial charge in [-0.2, -0.15) is 0 Å². The number of anilines is 1. The zero-order valence-corrected chi connectivity index (χ0v) is 14.9. The first-order valence-electron chi connectivity index (χ1n) is 8.68. The molecule has 1 saturated heterocycles. The van der Waals surface area contributed by atoms with Crippen molar-refractivity contribution >= 4 is 11.9 Å². The Morgan fingerprint density at radius 3 is 2.76 bits per heavy atom. The largest absolute Gasteiger partial charge is 0.368 e. The second kappa shape index (κ2) is 7.61. The van der Waals surface area contributed by atoms with Gasteiger partial charge in [0, 0.05) is 25.9 Å². The van der Waals surface area contributed by atoms with E-state index in [9.17, 15) is 4.79 Å². The average Bonchev–Trinajstić information content (AvgIpc) is 2.62. The maximum atomic E-state index is 12.2. The van der Waals surface area contributed by atoms with Crippen LogP contribution >= 0.6 is 0 Å². The Kier molecular flexibility index (Phi) is 5.28. The molecular weight excluding hydrogens is 314 g/mol. The van der Waals surface area contributed by atoms with Crippen LogP contribution in [0.4, 0.5) is 5.95 Å². The molecule has 1 aromatic carbocycles. The number of aromatic nitrogens is 2.